The van der Waals surface area contributed by atoms with Crippen molar-refractivity contribution >= 4 is 5.91 Å². The highest BCUT2D eigenvalue weighted by molar-refractivity contribution is 5.76. The third kappa shape index (κ3) is 4.63. The standard InChI is InChI=1S/C22H19FN2O4/c23-19-8-2-1-7-18(19)20-13-24-21(29-20)9-10-22(26)25(14-16-5-3-11-27-16)15-17-6-4-12-28-17/h1-8,11-13H,9-10,14-15H2. The summed E-state index contributed by atoms with van der Waals surface area (Å²) in [5.41, 5.74) is 0.342. The summed E-state index contributed by atoms with van der Waals surface area (Å²) in [7, 11) is 0. The monoisotopic (exact) mass is 394 g/mol. The molecule has 29 heavy (non-hydrogen) atoms. The number of carbonyl (C=O) groups is 1. The lowest BCUT2D eigenvalue weighted by Crippen LogP contribution is -2.30. The second-order valence-corrected chi connectivity index (χ2v) is 6.51. The number of benzene rings is 1. The Morgan fingerprint density at radius 3 is 2.28 bits per heavy atom. The molecule has 3 aromatic heterocycles. The summed E-state index contributed by atoms with van der Waals surface area (Å²) in [6, 6.07) is 13.5. The van der Waals surface area contributed by atoms with Crippen LogP contribution >= 0.6 is 0 Å². The van der Waals surface area contributed by atoms with E-state index in [0.29, 0.717) is 48.2 Å². The van der Waals surface area contributed by atoms with Gasteiger partial charge in [-0.1, -0.05) is 12.1 Å². The number of nitrogens with zero attached hydrogens (tertiary/aromatic N) is 2. The van der Waals surface area contributed by atoms with E-state index < -0.39 is 0 Å². The average Bonchev–Trinajstić information content (AvgIpc) is 3.49. The minimum atomic E-state index is -0.380. The van der Waals surface area contributed by atoms with E-state index in [1.54, 1.807) is 47.8 Å². The van der Waals surface area contributed by atoms with E-state index in [1.165, 1.54) is 12.3 Å². The maximum absolute atomic E-state index is 13.9. The van der Waals surface area contributed by atoms with Gasteiger partial charge in [0.2, 0.25) is 5.91 Å². The molecule has 3 heterocycles. The molecule has 0 aliphatic rings. The number of oxazole rings is 1. The molecule has 0 spiro atoms. The van der Waals surface area contributed by atoms with Gasteiger partial charge in [0.1, 0.15) is 17.3 Å². The Morgan fingerprint density at radius 2 is 1.66 bits per heavy atom. The van der Waals surface area contributed by atoms with E-state index >= 15 is 0 Å². The van der Waals surface area contributed by atoms with Crippen LogP contribution in [0.4, 0.5) is 4.39 Å². The molecule has 0 saturated carbocycles. The molecule has 4 aromatic rings. The highest BCUT2D eigenvalue weighted by Crippen LogP contribution is 2.24. The third-order valence-corrected chi connectivity index (χ3v) is 4.45. The molecule has 4 rings (SSSR count). The van der Waals surface area contributed by atoms with Crippen molar-refractivity contribution in [3.63, 3.8) is 0 Å². The predicted molar refractivity (Wildman–Crippen MR) is 102 cm³/mol. The van der Waals surface area contributed by atoms with Crippen molar-refractivity contribution in [2.45, 2.75) is 25.9 Å². The molecule has 0 bridgehead atoms. The first-order valence-corrected chi connectivity index (χ1v) is 9.21. The minimum Gasteiger partial charge on any atom is -0.467 e. The molecule has 6 nitrogen and oxygen atoms in total. The molecule has 0 unspecified atom stereocenters. The molecule has 7 heteroatoms. The Morgan fingerprint density at radius 1 is 0.966 bits per heavy atom. The van der Waals surface area contributed by atoms with Crippen LogP contribution in [0.3, 0.4) is 0 Å². The van der Waals surface area contributed by atoms with Gasteiger partial charge in [-0.15, -0.1) is 0 Å². The van der Waals surface area contributed by atoms with E-state index in [0.717, 1.165) is 0 Å². The molecule has 0 fully saturated rings. The van der Waals surface area contributed by atoms with Gasteiger partial charge in [-0.3, -0.25) is 4.79 Å². The van der Waals surface area contributed by atoms with Gasteiger partial charge in [0.05, 0.1) is 37.4 Å². The highest BCUT2D eigenvalue weighted by atomic mass is 19.1. The summed E-state index contributed by atoms with van der Waals surface area (Å²) in [5, 5.41) is 0. The molecular weight excluding hydrogens is 375 g/mol. The van der Waals surface area contributed by atoms with Gasteiger partial charge in [0.25, 0.3) is 0 Å². The van der Waals surface area contributed by atoms with Crippen LogP contribution in [-0.2, 0) is 24.3 Å². The number of halogens is 1. The first-order chi connectivity index (χ1) is 14.2. The van der Waals surface area contributed by atoms with Crippen LogP contribution in [0.2, 0.25) is 0 Å². The quantitative estimate of drug-likeness (QED) is 0.428. The van der Waals surface area contributed by atoms with Crippen molar-refractivity contribution in [3.8, 4) is 11.3 Å². The van der Waals surface area contributed by atoms with Crippen LogP contribution in [0.15, 0.2) is 80.5 Å². The van der Waals surface area contributed by atoms with Gasteiger partial charge >= 0.3 is 0 Å². The lowest BCUT2D eigenvalue weighted by atomic mass is 10.2. The first kappa shape index (κ1) is 18.7. The maximum Gasteiger partial charge on any atom is 0.223 e. The van der Waals surface area contributed by atoms with Crippen LogP contribution in [-0.4, -0.2) is 15.8 Å². The smallest absolute Gasteiger partial charge is 0.223 e. The number of amides is 1. The zero-order chi connectivity index (χ0) is 20.1. The summed E-state index contributed by atoms with van der Waals surface area (Å²) in [4.78, 5) is 18.6. The third-order valence-electron chi connectivity index (χ3n) is 4.45. The number of carbonyl (C=O) groups excluding carboxylic acids is 1. The Bertz CT molecular complexity index is 1020. The van der Waals surface area contributed by atoms with Crippen molar-refractivity contribution < 1.29 is 22.4 Å². The molecule has 0 aliphatic heterocycles. The van der Waals surface area contributed by atoms with Crippen molar-refractivity contribution in [1.82, 2.24) is 9.88 Å². The maximum atomic E-state index is 13.9. The Labute approximate surface area is 166 Å². The summed E-state index contributed by atoms with van der Waals surface area (Å²) >= 11 is 0. The summed E-state index contributed by atoms with van der Waals surface area (Å²) in [6.07, 6.45) is 5.12. The summed E-state index contributed by atoms with van der Waals surface area (Å²) in [6.45, 7) is 0.664. The zero-order valence-corrected chi connectivity index (χ0v) is 15.6. The molecule has 0 N–H and O–H groups in total. The molecule has 0 aliphatic carbocycles. The minimum absolute atomic E-state index is 0.0940. The largest absolute Gasteiger partial charge is 0.467 e. The fourth-order valence-corrected chi connectivity index (χ4v) is 3.00. The van der Waals surface area contributed by atoms with Gasteiger partial charge in [-0.2, -0.15) is 0 Å². The first-order valence-electron chi connectivity index (χ1n) is 9.21. The number of aryl methyl sites for hydroxylation is 1. The van der Waals surface area contributed by atoms with E-state index in [1.807, 2.05) is 12.1 Å². The molecule has 148 valence electrons. The topological polar surface area (TPSA) is 72.6 Å². The number of furan rings is 2. The lowest BCUT2D eigenvalue weighted by Gasteiger charge is -2.20. The second-order valence-electron chi connectivity index (χ2n) is 6.51. The van der Waals surface area contributed by atoms with Crippen molar-refractivity contribution in [3.05, 3.63) is 90.5 Å². The van der Waals surface area contributed by atoms with Crippen LogP contribution in [0.1, 0.15) is 23.8 Å². The molecular formula is C22H19FN2O4. The van der Waals surface area contributed by atoms with E-state index in [-0.39, 0.29) is 18.1 Å². The average molecular weight is 394 g/mol. The van der Waals surface area contributed by atoms with Crippen molar-refractivity contribution in [2.75, 3.05) is 0 Å². The van der Waals surface area contributed by atoms with Crippen LogP contribution < -0.4 is 0 Å². The molecule has 0 atom stereocenters. The van der Waals surface area contributed by atoms with Gasteiger partial charge < -0.3 is 18.2 Å². The fourth-order valence-electron chi connectivity index (χ4n) is 3.00. The van der Waals surface area contributed by atoms with Crippen LogP contribution in [0.25, 0.3) is 11.3 Å². The molecule has 0 radical (unpaired) electrons. The lowest BCUT2D eigenvalue weighted by molar-refractivity contribution is -0.133. The van der Waals surface area contributed by atoms with E-state index in [2.05, 4.69) is 4.98 Å². The van der Waals surface area contributed by atoms with Crippen LogP contribution in [0, 0.1) is 5.82 Å². The van der Waals surface area contributed by atoms with Crippen LogP contribution in [0.5, 0.6) is 0 Å². The normalized spacial score (nSPS) is 10.9. The van der Waals surface area contributed by atoms with Crippen molar-refractivity contribution in [1.29, 1.82) is 0 Å². The van der Waals surface area contributed by atoms with Gasteiger partial charge in [0.15, 0.2) is 11.7 Å². The Hall–Kier alpha value is -3.61. The number of hydrogen-bond donors (Lipinski definition) is 0. The summed E-state index contributed by atoms with van der Waals surface area (Å²) in [5.74, 6) is 1.62. The molecule has 1 amide bonds. The highest BCUT2D eigenvalue weighted by Gasteiger charge is 2.19. The zero-order valence-electron chi connectivity index (χ0n) is 15.6. The Kier molecular flexibility index (Phi) is 5.56. The van der Waals surface area contributed by atoms with Crippen molar-refractivity contribution in [2.24, 2.45) is 0 Å². The molecule has 0 saturated heterocycles. The SMILES string of the molecule is O=C(CCc1ncc(-c2ccccc2F)o1)N(Cc1ccco1)Cc1ccco1. The Balaban J connectivity index is 1.42. The van der Waals surface area contributed by atoms with E-state index in [9.17, 15) is 9.18 Å². The number of rotatable bonds is 8. The van der Waals surface area contributed by atoms with Gasteiger partial charge in [0, 0.05) is 12.8 Å². The van der Waals surface area contributed by atoms with Gasteiger partial charge in [-0.25, -0.2) is 9.37 Å². The molecule has 1 aromatic carbocycles. The fraction of sp³-hybridized carbons (Fsp3) is 0.182. The number of aromatic nitrogens is 1. The number of hydrogen-bond acceptors (Lipinski definition) is 5. The second kappa shape index (κ2) is 8.60. The van der Waals surface area contributed by atoms with Gasteiger partial charge in [-0.05, 0) is 36.4 Å². The summed E-state index contributed by atoms with van der Waals surface area (Å²) < 4.78 is 30.3. The predicted octanol–water partition coefficient (Wildman–Crippen LogP) is 4.83. The van der Waals surface area contributed by atoms with E-state index in [4.69, 9.17) is 13.3 Å².